The highest BCUT2D eigenvalue weighted by atomic mass is 16.5. The molecule has 3 saturated heterocycles. The molecule has 0 aromatic carbocycles. The van der Waals surface area contributed by atoms with E-state index in [0.717, 1.165) is 96.0 Å². The first-order chi connectivity index (χ1) is 15.7. The fourth-order valence-corrected chi connectivity index (χ4v) is 5.67. The van der Waals surface area contributed by atoms with Gasteiger partial charge in [-0.25, -0.2) is 4.98 Å². The molecule has 5 rings (SSSR count). The fraction of sp³-hybridized carbons (Fsp3) is 0.792. The minimum absolute atomic E-state index is 0.0811. The molecule has 176 valence electrons. The highest BCUT2D eigenvalue weighted by Crippen LogP contribution is 2.26. The summed E-state index contributed by atoms with van der Waals surface area (Å²) in [6, 6.07) is 1.72. The van der Waals surface area contributed by atoms with Gasteiger partial charge in [-0.15, -0.1) is 0 Å². The maximum atomic E-state index is 13.0. The summed E-state index contributed by atoms with van der Waals surface area (Å²) in [6.07, 6.45) is 7.88. The zero-order valence-electron chi connectivity index (χ0n) is 19.2. The van der Waals surface area contributed by atoms with Crippen LogP contribution >= 0.6 is 0 Å². The number of piperazine rings is 1. The van der Waals surface area contributed by atoms with Gasteiger partial charge in [-0.05, 0) is 32.1 Å². The molecule has 0 radical (unpaired) electrons. The second-order valence-electron chi connectivity index (χ2n) is 9.93. The zero-order valence-corrected chi connectivity index (χ0v) is 19.2. The number of amides is 1. The normalized spacial score (nSPS) is 27.4. The zero-order chi connectivity index (χ0) is 21.9. The van der Waals surface area contributed by atoms with Crippen LogP contribution in [0.3, 0.4) is 0 Å². The number of rotatable bonds is 5. The van der Waals surface area contributed by atoms with Gasteiger partial charge >= 0.3 is 0 Å². The number of likely N-dealkylation sites (tertiary alicyclic amines) is 1. The van der Waals surface area contributed by atoms with Gasteiger partial charge in [0, 0.05) is 77.4 Å². The van der Waals surface area contributed by atoms with Gasteiger partial charge in [0.2, 0.25) is 5.91 Å². The first-order valence-corrected chi connectivity index (χ1v) is 12.6. The predicted octanol–water partition coefficient (Wildman–Crippen LogP) is 1.08. The minimum atomic E-state index is 0.0811. The molecule has 0 unspecified atom stereocenters. The van der Waals surface area contributed by atoms with E-state index in [9.17, 15) is 9.59 Å². The summed E-state index contributed by atoms with van der Waals surface area (Å²) in [5.41, 5.74) is 0.971. The Morgan fingerprint density at radius 1 is 1.00 bits per heavy atom. The van der Waals surface area contributed by atoms with Crippen molar-refractivity contribution in [2.24, 2.45) is 0 Å². The summed E-state index contributed by atoms with van der Waals surface area (Å²) in [5, 5.41) is 0. The van der Waals surface area contributed by atoms with Crippen molar-refractivity contribution in [3.8, 4) is 0 Å². The van der Waals surface area contributed by atoms with E-state index >= 15 is 0 Å². The first-order valence-electron chi connectivity index (χ1n) is 12.6. The van der Waals surface area contributed by atoms with Gasteiger partial charge in [-0.3, -0.25) is 24.0 Å². The molecule has 4 aliphatic rings. The monoisotopic (exact) mass is 443 g/mol. The molecular weight excluding hydrogens is 406 g/mol. The number of fused-ring (bicyclic) bond motifs is 1. The second-order valence-corrected chi connectivity index (χ2v) is 9.93. The third-order valence-corrected chi connectivity index (χ3v) is 7.66. The molecule has 3 fully saturated rings. The number of hydrogen-bond donors (Lipinski definition) is 0. The van der Waals surface area contributed by atoms with E-state index in [1.807, 2.05) is 9.47 Å². The van der Waals surface area contributed by atoms with Crippen molar-refractivity contribution in [2.45, 2.75) is 63.5 Å². The largest absolute Gasteiger partial charge is 0.377 e. The first kappa shape index (κ1) is 22.0. The van der Waals surface area contributed by atoms with E-state index in [4.69, 9.17) is 9.72 Å². The van der Waals surface area contributed by atoms with Crippen molar-refractivity contribution in [1.29, 1.82) is 0 Å². The van der Waals surface area contributed by atoms with Crippen LogP contribution in [-0.4, -0.2) is 95.2 Å². The van der Waals surface area contributed by atoms with Gasteiger partial charge in [0.25, 0.3) is 5.56 Å². The average molecular weight is 444 g/mol. The molecule has 0 spiro atoms. The summed E-state index contributed by atoms with van der Waals surface area (Å²) < 4.78 is 7.62. The van der Waals surface area contributed by atoms with Crippen LogP contribution < -0.4 is 5.56 Å². The van der Waals surface area contributed by atoms with E-state index in [2.05, 4.69) is 9.80 Å². The van der Waals surface area contributed by atoms with E-state index in [-0.39, 0.29) is 17.4 Å². The van der Waals surface area contributed by atoms with Crippen molar-refractivity contribution >= 4 is 5.91 Å². The Bertz CT molecular complexity index is 858. The second kappa shape index (κ2) is 10.0. The maximum Gasteiger partial charge on any atom is 0.253 e. The molecular formula is C24H37N5O3. The van der Waals surface area contributed by atoms with E-state index in [1.165, 1.54) is 12.8 Å². The number of hydrogen-bond acceptors (Lipinski definition) is 6. The van der Waals surface area contributed by atoms with Crippen LogP contribution in [0.5, 0.6) is 0 Å². The standard InChI is InChI=1S/C24H37N5O3/c30-23-15-21(25-22-6-2-1-3-8-29(22)23)19-7-9-28(16-19)24(31)18-27-12-10-26(11-13-27)17-20-5-4-14-32-20/h15,19-20H,1-14,16-18H2/t19-,20+/m0/s1. The molecule has 0 N–H and O–H groups in total. The van der Waals surface area contributed by atoms with Crippen LogP contribution in [0.1, 0.15) is 56.0 Å². The van der Waals surface area contributed by atoms with Crippen LogP contribution in [0, 0.1) is 0 Å². The lowest BCUT2D eigenvalue weighted by atomic mass is 10.0. The van der Waals surface area contributed by atoms with Gasteiger partial charge in [0.15, 0.2) is 0 Å². The lowest BCUT2D eigenvalue weighted by Crippen LogP contribution is -2.51. The van der Waals surface area contributed by atoms with Crippen LogP contribution in [0.15, 0.2) is 10.9 Å². The molecule has 8 nitrogen and oxygen atoms in total. The molecule has 0 bridgehead atoms. The van der Waals surface area contributed by atoms with E-state index in [0.29, 0.717) is 19.2 Å². The predicted molar refractivity (Wildman–Crippen MR) is 122 cm³/mol. The minimum Gasteiger partial charge on any atom is -0.377 e. The molecule has 1 aromatic heterocycles. The molecule has 1 aromatic rings. The van der Waals surface area contributed by atoms with Crippen molar-refractivity contribution in [1.82, 2.24) is 24.3 Å². The summed E-state index contributed by atoms with van der Waals surface area (Å²) in [5.74, 6) is 1.34. The van der Waals surface area contributed by atoms with Crippen LogP contribution in [0.4, 0.5) is 0 Å². The molecule has 1 amide bonds. The van der Waals surface area contributed by atoms with Gasteiger partial charge in [0.05, 0.1) is 18.3 Å². The lowest BCUT2D eigenvalue weighted by Gasteiger charge is -2.35. The average Bonchev–Trinajstić information content (AvgIpc) is 3.43. The van der Waals surface area contributed by atoms with Crippen molar-refractivity contribution in [3.63, 3.8) is 0 Å². The molecule has 32 heavy (non-hydrogen) atoms. The molecule has 4 aliphatic heterocycles. The lowest BCUT2D eigenvalue weighted by molar-refractivity contribution is -0.131. The summed E-state index contributed by atoms with van der Waals surface area (Å²) in [4.78, 5) is 37.2. The Balaban J connectivity index is 1.12. The third kappa shape index (κ3) is 5.07. The number of aromatic nitrogens is 2. The molecule has 2 atom stereocenters. The Morgan fingerprint density at radius 2 is 1.84 bits per heavy atom. The van der Waals surface area contributed by atoms with Crippen LogP contribution in [0.25, 0.3) is 0 Å². The van der Waals surface area contributed by atoms with Crippen molar-refractivity contribution < 1.29 is 9.53 Å². The molecule has 0 saturated carbocycles. The number of carbonyl (C=O) groups excluding carboxylic acids is 1. The Kier molecular flexibility index (Phi) is 6.90. The summed E-state index contributed by atoms with van der Waals surface area (Å²) >= 11 is 0. The maximum absolute atomic E-state index is 13.0. The Labute approximate surface area is 190 Å². The molecule has 5 heterocycles. The molecule has 0 aliphatic carbocycles. The van der Waals surface area contributed by atoms with Crippen LogP contribution in [0.2, 0.25) is 0 Å². The smallest absolute Gasteiger partial charge is 0.253 e. The van der Waals surface area contributed by atoms with Gasteiger partial charge in [-0.2, -0.15) is 0 Å². The third-order valence-electron chi connectivity index (χ3n) is 7.66. The Hall–Kier alpha value is -1.77. The van der Waals surface area contributed by atoms with Crippen molar-refractivity contribution in [3.05, 3.63) is 27.9 Å². The number of nitrogens with zero attached hydrogens (tertiary/aromatic N) is 5. The highest BCUT2D eigenvalue weighted by molar-refractivity contribution is 5.78. The number of carbonyl (C=O) groups is 1. The van der Waals surface area contributed by atoms with E-state index < -0.39 is 0 Å². The summed E-state index contributed by atoms with van der Waals surface area (Å²) in [6.45, 7) is 8.60. The highest BCUT2D eigenvalue weighted by Gasteiger charge is 2.31. The van der Waals surface area contributed by atoms with Crippen LogP contribution in [-0.2, 0) is 22.5 Å². The SMILES string of the molecule is O=C(CN1CCN(C[C@H]2CCCO2)CC1)N1CC[C@H](c2cc(=O)n3c(n2)CCCCC3)C1. The van der Waals surface area contributed by atoms with Gasteiger partial charge in [0.1, 0.15) is 5.82 Å². The molecule has 8 heteroatoms. The van der Waals surface area contributed by atoms with E-state index in [1.54, 1.807) is 6.07 Å². The topological polar surface area (TPSA) is 70.9 Å². The Morgan fingerprint density at radius 3 is 2.66 bits per heavy atom. The number of aryl methyl sites for hydroxylation is 1. The van der Waals surface area contributed by atoms with Crippen molar-refractivity contribution in [2.75, 3.05) is 59.0 Å². The van der Waals surface area contributed by atoms with Gasteiger partial charge < -0.3 is 9.64 Å². The fourth-order valence-electron chi connectivity index (χ4n) is 5.67. The number of ether oxygens (including phenoxy) is 1. The summed E-state index contributed by atoms with van der Waals surface area (Å²) in [7, 11) is 0. The van der Waals surface area contributed by atoms with Gasteiger partial charge in [-0.1, -0.05) is 6.42 Å². The quantitative estimate of drug-likeness (QED) is 0.678.